The van der Waals surface area contributed by atoms with Crippen LogP contribution in [0.15, 0.2) is 36.0 Å². The van der Waals surface area contributed by atoms with Crippen molar-refractivity contribution in [2.45, 2.75) is 79.1 Å². The van der Waals surface area contributed by atoms with Crippen molar-refractivity contribution in [2.75, 3.05) is 25.1 Å². The number of nitrogens with zero attached hydrogens (tertiary/aromatic N) is 6. The quantitative estimate of drug-likeness (QED) is 0.427. The molecular formula is C28H39ClN6O. The number of rotatable bonds is 8. The van der Waals surface area contributed by atoms with E-state index in [0.29, 0.717) is 12.6 Å². The van der Waals surface area contributed by atoms with Crippen molar-refractivity contribution in [1.82, 2.24) is 24.6 Å². The summed E-state index contributed by atoms with van der Waals surface area (Å²) < 4.78 is 7.65. The minimum Gasteiger partial charge on any atom is -0.467 e. The summed E-state index contributed by atoms with van der Waals surface area (Å²) in [6.45, 7) is 16.8. The highest BCUT2D eigenvalue weighted by molar-refractivity contribution is 6.31. The Labute approximate surface area is 220 Å². The molecule has 2 aliphatic rings. The topological polar surface area (TPSA) is 59.3 Å². The number of anilines is 1. The molecule has 0 saturated heterocycles. The summed E-state index contributed by atoms with van der Waals surface area (Å²) in [5.74, 6) is 0.950. The van der Waals surface area contributed by atoms with Crippen LogP contribution < -0.4 is 9.64 Å². The fourth-order valence-corrected chi connectivity index (χ4v) is 5.68. The molecule has 7 nitrogen and oxygen atoms in total. The molecule has 0 fully saturated rings. The lowest BCUT2D eigenvalue weighted by Crippen LogP contribution is -2.43. The number of fused-ring (bicyclic) bond motifs is 2. The first kappa shape index (κ1) is 26.4. The van der Waals surface area contributed by atoms with Crippen molar-refractivity contribution in [3.05, 3.63) is 63.6 Å². The van der Waals surface area contributed by atoms with Gasteiger partial charge >= 0.3 is 6.01 Å². The molecule has 2 aromatic heterocycles. The molecule has 0 aliphatic carbocycles. The number of halogens is 1. The van der Waals surface area contributed by atoms with Crippen LogP contribution in [0.2, 0.25) is 5.02 Å². The van der Waals surface area contributed by atoms with Crippen LogP contribution in [0.3, 0.4) is 0 Å². The van der Waals surface area contributed by atoms with Crippen molar-refractivity contribution in [3.8, 4) is 6.01 Å². The van der Waals surface area contributed by atoms with E-state index >= 15 is 0 Å². The van der Waals surface area contributed by atoms with E-state index in [2.05, 4.69) is 59.1 Å². The molecule has 1 unspecified atom stereocenters. The SMILES string of the molecule is C=C/C(CCC)=C(\C=C/C)C1Cc2nc(OC)nc(N3CCCn4nc(C)c(Cl)c4C3)c2CN1CC. The zero-order valence-corrected chi connectivity index (χ0v) is 23.1. The Morgan fingerprint density at radius 3 is 2.69 bits per heavy atom. The number of likely N-dealkylation sites (N-methyl/N-ethyl adjacent to an activating group) is 1. The summed E-state index contributed by atoms with van der Waals surface area (Å²) >= 11 is 6.66. The summed E-state index contributed by atoms with van der Waals surface area (Å²) in [4.78, 5) is 14.6. The van der Waals surface area contributed by atoms with Gasteiger partial charge in [0.25, 0.3) is 0 Å². The van der Waals surface area contributed by atoms with E-state index in [0.717, 1.165) is 79.8 Å². The third-order valence-corrected chi connectivity index (χ3v) is 7.75. The van der Waals surface area contributed by atoms with E-state index < -0.39 is 0 Å². The Morgan fingerprint density at radius 1 is 1.22 bits per heavy atom. The first-order chi connectivity index (χ1) is 17.4. The van der Waals surface area contributed by atoms with E-state index in [-0.39, 0.29) is 6.04 Å². The highest BCUT2D eigenvalue weighted by Crippen LogP contribution is 2.36. The molecule has 0 radical (unpaired) electrons. The second kappa shape index (κ2) is 11.6. The van der Waals surface area contributed by atoms with Gasteiger partial charge < -0.3 is 9.64 Å². The van der Waals surface area contributed by atoms with Crippen LogP contribution in [0.5, 0.6) is 6.01 Å². The highest BCUT2D eigenvalue weighted by atomic mass is 35.5. The number of ether oxygens (including phenoxy) is 1. The van der Waals surface area contributed by atoms with Crippen LogP contribution >= 0.6 is 11.6 Å². The molecule has 8 heteroatoms. The fraction of sp³-hybridized carbons (Fsp3) is 0.536. The zero-order valence-electron chi connectivity index (χ0n) is 22.3. The second-order valence-electron chi connectivity index (χ2n) is 9.52. The Bertz CT molecular complexity index is 1170. The molecule has 4 rings (SSSR count). The van der Waals surface area contributed by atoms with Crippen molar-refractivity contribution in [3.63, 3.8) is 0 Å². The third kappa shape index (κ3) is 5.09. The van der Waals surface area contributed by atoms with E-state index in [1.165, 1.54) is 16.7 Å². The molecule has 0 saturated carbocycles. The first-order valence-electron chi connectivity index (χ1n) is 13.1. The van der Waals surface area contributed by atoms with Gasteiger partial charge in [-0.3, -0.25) is 9.58 Å². The van der Waals surface area contributed by atoms with Gasteiger partial charge in [-0.2, -0.15) is 15.1 Å². The van der Waals surface area contributed by atoms with E-state index in [1.54, 1.807) is 7.11 Å². The molecule has 0 amide bonds. The maximum Gasteiger partial charge on any atom is 0.318 e. The molecule has 0 N–H and O–H groups in total. The lowest BCUT2D eigenvalue weighted by Gasteiger charge is -2.39. The first-order valence-corrected chi connectivity index (χ1v) is 13.5. The smallest absolute Gasteiger partial charge is 0.318 e. The zero-order chi connectivity index (χ0) is 25.8. The van der Waals surface area contributed by atoms with Crippen molar-refractivity contribution >= 4 is 17.4 Å². The Morgan fingerprint density at radius 2 is 2.03 bits per heavy atom. The van der Waals surface area contributed by atoms with Gasteiger partial charge in [0.1, 0.15) is 5.82 Å². The maximum atomic E-state index is 6.66. The van der Waals surface area contributed by atoms with Crippen molar-refractivity contribution < 1.29 is 4.74 Å². The number of aryl methyl sites for hydroxylation is 2. The summed E-state index contributed by atoms with van der Waals surface area (Å²) in [6.07, 6.45) is 10.3. The molecular weight excluding hydrogens is 472 g/mol. The van der Waals surface area contributed by atoms with E-state index in [4.69, 9.17) is 26.3 Å². The van der Waals surface area contributed by atoms with Gasteiger partial charge in [-0.25, -0.2) is 0 Å². The minimum absolute atomic E-state index is 0.230. The lowest BCUT2D eigenvalue weighted by atomic mass is 9.88. The molecule has 0 spiro atoms. The number of hydrogen-bond acceptors (Lipinski definition) is 6. The van der Waals surface area contributed by atoms with E-state index in [9.17, 15) is 0 Å². The monoisotopic (exact) mass is 510 g/mol. The molecule has 2 aliphatic heterocycles. The Hall–Kier alpha value is -2.64. The number of hydrogen-bond donors (Lipinski definition) is 0. The van der Waals surface area contributed by atoms with Crippen LogP contribution in [-0.2, 0) is 26.1 Å². The normalized spacial score (nSPS) is 19.1. The standard InChI is InChI=1S/C28H39ClN6O/c1-7-12-20(9-3)21(13-8-2)24-16-23-22(17-33(24)10-4)27(31-28(30-23)36-6)34-14-11-15-35-25(18-34)26(29)19(5)32-35/h8-9,13,24H,3,7,10-12,14-18H2,1-2,4-6H3/b13-8-,21-20-. The van der Waals surface area contributed by atoms with E-state index in [1.807, 2.05) is 13.0 Å². The average molecular weight is 511 g/mol. The fourth-order valence-electron chi connectivity index (χ4n) is 5.48. The predicted molar refractivity (Wildman–Crippen MR) is 147 cm³/mol. The minimum atomic E-state index is 0.230. The van der Waals surface area contributed by atoms with Crippen LogP contribution in [0, 0.1) is 6.92 Å². The van der Waals surface area contributed by atoms with Crippen LogP contribution in [0.4, 0.5) is 5.82 Å². The lowest BCUT2D eigenvalue weighted by molar-refractivity contribution is 0.204. The van der Waals surface area contributed by atoms with Crippen LogP contribution in [-0.4, -0.2) is 50.9 Å². The third-order valence-electron chi connectivity index (χ3n) is 7.26. The number of allylic oxidation sites excluding steroid dienone is 3. The van der Waals surface area contributed by atoms with Crippen molar-refractivity contribution in [2.24, 2.45) is 0 Å². The summed E-state index contributed by atoms with van der Waals surface area (Å²) in [5.41, 5.74) is 6.83. The van der Waals surface area contributed by atoms with Gasteiger partial charge in [-0.15, -0.1) is 0 Å². The largest absolute Gasteiger partial charge is 0.467 e. The summed E-state index contributed by atoms with van der Waals surface area (Å²) in [7, 11) is 1.64. The molecule has 36 heavy (non-hydrogen) atoms. The number of methoxy groups -OCH3 is 1. The van der Waals surface area contributed by atoms with Gasteiger partial charge in [0.05, 0.1) is 35.8 Å². The maximum absolute atomic E-state index is 6.66. The average Bonchev–Trinajstić information content (AvgIpc) is 3.03. The molecule has 4 heterocycles. The highest BCUT2D eigenvalue weighted by Gasteiger charge is 2.34. The van der Waals surface area contributed by atoms with Gasteiger partial charge in [-0.05, 0) is 44.4 Å². The Kier molecular flexibility index (Phi) is 8.52. The Balaban J connectivity index is 1.79. The summed E-state index contributed by atoms with van der Waals surface area (Å²) in [5, 5.41) is 5.40. The van der Waals surface area contributed by atoms with Gasteiger partial charge in [0, 0.05) is 37.7 Å². The van der Waals surface area contributed by atoms with Crippen molar-refractivity contribution in [1.29, 1.82) is 0 Å². The van der Waals surface area contributed by atoms with Crippen LogP contribution in [0.25, 0.3) is 0 Å². The number of aromatic nitrogens is 4. The molecule has 1 atom stereocenters. The predicted octanol–water partition coefficient (Wildman–Crippen LogP) is 5.66. The molecule has 0 bridgehead atoms. The molecule has 2 aromatic rings. The van der Waals surface area contributed by atoms with Gasteiger partial charge in [0.2, 0.25) is 0 Å². The van der Waals surface area contributed by atoms with Gasteiger partial charge in [-0.1, -0.05) is 56.7 Å². The molecule has 0 aromatic carbocycles. The molecule has 194 valence electrons. The van der Waals surface area contributed by atoms with Gasteiger partial charge in [0.15, 0.2) is 0 Å². The second-order valence-corrected chi connectivity index (χ2v) is 9.90. The van der Waals surface area contributed by atoms with Crippen LogP contribution in [0.1, 0.15) is 62.7 Å². The summed E-state index contributed by atoms with van der Waals surface area (Å²) in [6, 6.07) is 0.648.